The van der Waals surface area contributed by atoms with E-state index in [1.54, 1.807) is 0 Å². The summed E-state index contributed by atoms with van der Waals surface area (Å²) in [6, 6.07) is -0.983. The molecule has 0 spiro atoms. The van der Waals surface area contributed by atoms with Gasteiger partial charge in [-0.3, -0.25) is 0 Å². The number of rotatable bonds is 7. The summed E-state index contributed by atoms with van der Waals surface area (Å²) >= 11 is 0. The zero-order chi connectivity index (χ0) is 15.2. The number of carbonyl (C=O) groups excluding carboxylic acids is 1. The average molecular weight is 298 g/mol. The Balaban J connectivity index is 1.72. The van der Waals surface area contributed by atoms with E-state index in [0.29, 0.717) is 38.0 Å². The fraction of sp³-hybridized carbons (Fsp3) is 0.867. The lowest BCUT2D eigenvalue weighted by Crippen LogP contribution is -2.53. The summed E-state index contributed by atoms with van der Waals surface area (Å²) < 4.78 is 5.45. The number of hydrogen-bond acceptors (Lipinski definition) is 3. The van der Waals surface area contributed by atoms with Crippen molar-refractivity contribution < 1.29 is 19.4 Å². The predicted molar refractivity (Wildman–Crippen MR) is 78.1 cm³/mol. The van der Waals surface area contributed by atoms with Gasteiger partial charge in [0.1, 0.15) is 6.04 Å². The van der Waals surface area contributed by atoms with Crippen LogP contribution in [-0.2, 0) is 9.53 Å². The molecule has 2 amide bonds. The van der Waals surface area contributed by atoms with E-state index in [2.05, 4.69) is 12.2 Å². The third-order valence-corrected chi connectivity index (χ3v) is 4.41. The SMILES string of the molecule is CCC1CCN(C(=O)NCCOCC2CC2)C(C(=O)O)C1. The van der Waals surface area contributed by atoms with Crippen LogP contribution in [0.15, 0.2) is 0 Å². The molecule has 2 rings (SSSR count). The van der Waals surface area contributed by atoms with Gasteiger partial charge in [0.05, 0.1) is 6.61 Å². The first kappa shape index (κ1) is 16.1. The van der Waals surface area contributed by atoms with Crippen LogP contribution in [0, 0.1) is 11.8 Å². The first-order valence-electron chi connectivity index (χ1n) is 7.96. The molecule has 2 fully saturated rings. The highest BCUT2D eigenvalue weighted by Crippen LogP contribution is 2.28. The normalized spacial score (nSPS) is 25.7. The number of ether oxygens (including phenoxy) is 1. The molecule has 2 atom stereocenters. The van der Waals surface area contributed by atoms with Gasteiger partial charge in [-0.25, -0.2) is 9.59 Å². The van der Waals surface area contributed by atoms with E-state index in [-0.39, 0.29) is 6.03 Å². The van der Waals surface area contributed by atoms with Crippen LogP contribution in [0.25, 0.3) is 0 Å². The Hall–Kier alpha value is -1.30. The zero-order valence-corrected chi connectivity index (χ0v) is 12.7. The van der Waals surface area contributed by atoms with Crippen LogP contribution in [0.4, 0.5) is 4.79 Å². The number of carboxylic acid groups (broad SMARTS) is 1. The highest BCUT2D eigenvalue weighted by molar-refractivity contribution is 5.82. The highest BCUT2D eigenvalue weighted by Gasteiger charge is 2.35. The molecule has 1 aliphatic carbocycles. The molecule has 2 unspecified atom stereocenters. The zero-order valence-electron chi connectivity index (χ0n) is 12.7. The van der Waals surface area contributed by atoms with Gasteiger partial charge >= 0.3 is 12.0 Å². The Labute approximate surface area is 125 Å². The first-order valence-corrected chi connectivity index (χ1v) is 7.96. The van der Waals surface area contributed by atoms with Crippen LogP contribution in [0.5, 0.6) is 0 Å². The molecule has 120 valence electrons. The molecule has 1 aliphatic heterocycles. The van der Waals surface area contributed by atoms with Gasteiger partial charge in [0.15, 0.2) is 0 Å². The number of urea groups is 1. The minimum atomic E-state index is -0.909. The largest absolute Gasteiger partial charge is 0.480 e. The van der Waals surface area contributed by atoms with Crippen LogP contribution < -0.4 is 5.32 Å². The predicted octanol–water partition coefficient (Wildman–Crippen LogP) is 1.70. The monoisotopic (exact) mass is 298 g/mol. The Morgan fingerprint density at radius 1 is 1.29 bits per heavy atom. The van der Waals surface area contributed by atoms with Gasteiger partial charge in [0.2, 0.25) is 0 Å². The molecule has 1 heterocycles. The van der Waals surface area contributed by atoms with Crippen molar-refractivity contribution in [1.29, 1.82) is 0 Å². The van der Waals surface area contributed by atoms with Crippen molar-refractivity contribution in [3.63, 3.8) is 0 Å². The van der Waals surface area contributed by atoms with Crippen molar-refractivity contribution in [1.82, 2.24) is 10.2 Å². The van der Waals surface area contributed by atoms with Crippen molar-refractivity contribution in [3.8, 4) is 0 Å². The van der Waals surface area contributed by atoms with Gasteiger partial charge in [-0.05, 0) is 37.5 Å². The lowest BCUT2D eigenvalue weighted by atomic mass is 9.89. The number of carboxylic acids is 1. The second kappa shape index (κ2) is 7.64. The van der Waals surface area contributed by atoms with Crippen LogP contribution in [0.1, 0.15) is 39.0 Å². The number of likely N-dealkylation sites (tertiary alicyclic amines) is 1. The summed E-state index contributed by atoms with van der Waals surface area (Å²) in [5.41, 5.74) is 0. The molecule has 2 aliphatic rings. The van der Waals surface area contributed by atoms with Gasteiger partial charge in [-0.15, -0.1) is 0 Å². The first-order chi connectivity index (χ1) is 10.1. The van der Waals surface area contributed by atoms with Crippen LogP contribution >= 0.6 is 0 Å². The summed E-state index contributed by atoms with van der Waals surface area (Å²) in [4.78, 5) is 24.9. The Kier molecular flexibility index (Phi) is 5.85. The standard InChI is InChI=1S/C15H26N2O4/c1-2-11-5-7-17(13(9-11)14(18)19)15(20)16-6-8-21-10-12-3-4-12/h11-13H,2-10H2,1H3,(H,16,20)(H,18,19). The molecule has 0 bridgehead atoms. The highest BCUT2D eigenvalue weighted by atomic mass is 16.5. The van der Waals surface area contributed by atoms with E-state index in [1.807, 2.05) is 0 Å². The molecule has 1 saturated heterocycles. The van der Waals surface area contributed by atoms with Crippen molar-refractivity contribution in [2.75, 3.05) is 26.3 Å². The summed E-state index contributed by atoms with van der Waals surface area (Å²) in [6.07, 6.45) is 4.90. The maximum atomic E-state index is 12.1. The van der Waals surface area contributed by atoms with Crippen molar-refractivity contribution >= 4 is 12.0 Å². The molecule has 0 aromatic rings. The number of piperidine rings is 1. The van der Waals surface area contributed by atoms with E-state index in [4.69, 9.17) is 4.74 Å². The van der Waals surface area contributed by atoms with E-state index < -0.39 is 12.0 Å². The van der Waals surface area contributed by atoms with E-state index in [0.717, 1.165) is 19.4 Å². The summed E-state index contributed by atoms with van der Waals surface area (Å²) in [5.74, 6) is 0.204. The minimum Gasteiger partial charge on any atom is -0.480 e. The Morgan fingerprint density at radius 2 is 2.05 bits per heavy atom. The lowest BCUT2D eigenvalue weighted by molar-refractivity contribution is -0.144. The molecular formula is C15H26N2O4. The van der Waals surface area contributed by atoms with Gasteiger partial charge in [0.25, 0.3) is 0 Å². The van der Waals surface area contributed by atoms with Crippen molar-refractivity contribution in [2.24, 2.45) is 11.8 Å². The second-order valence-corrected chi connectivity index (χ2v) is 6.10. The molecule has 6 nitrogen and oxygen atoms in total. The smallest absolute Gasteiger partial charge is 0.326 e. The maximum Gasteiger partial charge on any atom is 0.326 e. The molecule has 0 radical (unpaired) electrons. The quantitative estimate of drug-likeness (QED) is 0.701. The second-order valence-electron chi connectivity index (χ2n) is 6.10. The third kappa shape index (κ3) is 4.88. The minimum absolute atomic E-state index is 0.285. The molecule has 2 N–H and O–H groups in total. The average Bonchev–Trinajstić information content (AvgIpc) is 3.30. The Bertz CT molecular complexity index is 371. The number of carbonyl (C=O) groups is 2. The van der Waals surface area contributed by atoms with E-state index in [9.17, 15) is 14.7 Å². The van der Waals surface area contributed by atoms with Crippen LogP contribution in [0.2, 0.25) is 0 Å². The van der Waals surface area contributed by atoms with Crippen molar-refractivity contribution in [2.45, 2.75) is 45.1 Å². The molecule has 21 heavy (non-hydrogen) atoms. The summed E-state index contributed by atoms with van der Waals surface area (Å²) in [7, 11) is 0. The van der Waals surface area contributed by atoms with Gasteiger partial charge in [-0.1, -0.05) is 13.3 Å². The summed E-state index contributed by atoms with van der Waals surface area (Å²) in [5, 5.41) is 12.1. The van der Waals surface area contributed by atoms with E-state index in [1.165, 1.54) is 17.7 Å². The number of nitrogens with zero attached hydrogens (tertiary/aromatic N) is 1. The van der Waals surface area contributed by atoms with Gasteiger partial charge < -0.3 is 20.1 Å². The maximum absolute atomic E-state index is 12.1. The number of nitrogens with one attached hydrogen (secondary N) is 1. The number of amides is 2. The topological polar surface area (TPSA) is 78.9 Å². The molecule has 0 aromatic carbocycles. The Morgan fingerprint density at radius 3 is 2.67 bits per heavy atom. The van der Waals surface area contributed by atoms with Crippen molar-refractivity contribution in [3.05, 3.63) is 0 Å². The summed E-state index contributed by atoms with van der Waals surface area (Å²) in [6.45, 7) is 4.28. The molecule has 0 aromatic heterocycles. The van der Waals surface area contributed by atoms with E-state index >= 15 is 0 Å². The molecular weight excluding hydrogens is 272 g/mol. The third-order valence-electron chi connectivity index (χ3n) is 4.41. The van der Waals surface area contributed by atoms with Crippen LogP contribution in [-0.4, -0.2) is 54.4 Å². The number of hydrogen-bond donors (Lipinski definition) is 2. The lowest BCUT2D eigenvalue weighted by Gasteiger charge is -2.36. The number of aliphatic carboxylic acids is 1. The molecule has 1 saturated carbocycles. The van der Waals surface area contributed by atoms with Gasteiger partial charge in [0, 0.05) is 19.7 Å². The fourth-order valence-electron chi connectivity index (χ4n) is 2.75. The van der Waals surface area contributed by atoms with Crippen LogP contribution in [0.3, 0.4) is 0 Å². The van der Waals surface area contributed by atoms with Gasteiger partial charge in [-0.2, -0.15) is 0 Å². The fourth-order valence-corrected chi connectivity index (χ4v) is 2.75. The molecule has 6 heteroatoms.